The summed E-state index contributed by atoms with van der Waals surface area (Å²) in [5.74, 6) is 0.122. The number of ketones is 1. The zero-order valence-corrected chi connectivity index (χ0v) is 13.7. The van der Waals surface area contributed by atoms with Gasteiger partial charge in [-0.15, -0.1) is 0 Å². The van der Waals surface area contributed by atoms with Crippen molar-refractivity contribution in [2.75, 3.05) is 0 Å². The average molecular weight is 409 g/mol. The maximum atomic E-state index is 11.9. The molecule has 18 heavy (non-hydrogen) atoms. The molecule has 0 aliphatic rings. The third-order valence-corrected chi connectivity index (χ3v) is 4.58. The normalized spacial score (nSPS) is 10.4. The molecule has 0 saturated heterocycles. The van der Waals surface area contributed by atoms with E-state index in [0.717, 1.165) is 22.4 Å². The van der Waals surface area contributed by atoms with Crippen LogP contribution in [0.2, 0.25) is 0 Å². The van der Waals surface area contributed by atoms with E-state index in [-0.39, 0.29) is 5.78 Å². The number of pyridine rings is 1. The van der Waals surface area contributed by atoms with Gasteiger partial charge in [0.2, 0.25) is 0 Å². The van der Waals surface area contributed by atoms with E-state index in [0.29, 0.717) is 0 Å². The molecular formula is C15H15NOW. The Morgan fingerprint density at radius 2 is 1.83 bits per heavy atom. The van der Waals surface area contributed by atoms with E-state index in [9.17, 15) is 4.79 Å². The molecule has 1 aromatic heterocycles. The molecule has 0 spiro atoms. The van der Waals surface area contributed by atoms with Gasteiger partial charge in [0.1, 0.15) is 0 Å². The van der Waals surface area contributed by atoms with E-state index in [1.165, 1.54) is 23.0 Å². The zero-order chi connectivity index (χ0) is 13.3. The van der Waals surface area contributed by atoms with Crippen LogP contribution in [0.25, 0.3) is 11.1 Å². The third-order valence-electron chi connectivity index (χ3n) is 3.17. The molecule has 0 atom stereocenters. The summed E-state index contributed by atoms with van der Waals surface area (Å²) in [5, 5.41) is 0. The predicted octanol–water partition coefficient (Wildman–Crippen LogP) is 3.28. The fourth-order valence-corrected chi connectivity index (χ4v) is 3.03. The van der Waals surface area contributed by atoms with Crippen LogP contribution in [0.5, 0.6) is 0 Å². The number of carbonyl (C=O) groups excluding carboxylic acids is 1. The number of Topliss-reactive ketones (excluding diaryl/α,β-unsaturated/α-hetero) is 1. The quantitative estimate of drug-likeness (QED) is 0.699. The summed E-state index contributed by atoms with van der Waals surface area (Å²) >= 11 is 1.41. The molecule has 1 heterocycles. The first-order chi connectivity index (χ1) is 8.52. The number of hydrogen-bond acceptors (Lipinski definition) is 1. The standard InChI is InChI=1S/C15H15NO.W/c1-11-15(12(2)17)14(9-10-16(11)3)13-7-5-4-6-8-13;/h4-9H,1-3H3;. The molecule has 0 aliphatic heterocycles. The summed E-state index contributed by atoms with van der Waals surface area (Å²) in [5.41, 5.74) is 4.01. The number of hydrogen-bond donors (Lipinski definition) is 0. The van der Waals surface area contributed by atoms with Crippen molar-refractivity contribution in [3.63, 3.8) is 0 Å². The van der Waals surface area contributed by atoms with Gasteiger partial charge >= 0.3 is 118 Å². The summed E-state index contributed by atoms with van der Waals surface area (Å²) in [6.45, 7) is 3.65. The molecule has 2 aromatic rings. The maximum absolute atomic E-state index is 11.9. The van der Waals surface area contributed by atoms with Gasteiger partial charge in [0.25, 0.3) is 0 Å². The van der Waals surface area contributed by atoms with Crippen LogP contribution in [0.3, 0.4) is 0 Å². The number of nitrogens with zero attached hydrogens (tertiary/aromatic N) is 1. The molecule has 0 amide bonds. The number of carbonyl (C=O) groups is 1. The van der Waals surface area contributed by atoms with Gasteiger partial charge in [0.15, 0.2) is 0 Å². The van der Waals surface area contributed by atoms with Crippen LogP contribution >= 0.6 is 0 Å². The van der Waals surface area contributed by atoms with Gasteiger partial charge in [-0.2, -0.15) is 0 Å². The zero-order valence-electron chi connectivity index (χ0n) is 10.7. The molecule has 0 aliphatic carbocycles. The molecule has 0 N–H and O–H groups in total. The Morgan fingerprint density at radius 3 is 2.39 bits per heavy atom. The van der Waals surface area contributed by atoms with Crippen LogP contribution in [0.15, 0.2) is 36.4 Å². The van der Waals surface area contributed by atoms with E-state index in [2.05, 4.69) is 22.8 Å². The van der Waals surface area contributed by atoms with Gasteiger partial charge in [-0.05, 0) is 0 Å². The fourth-order valence-electron chi connectivity index (χ4n) is 2.11. The monoisotopic (exact) mass is 409 g/mol. The molecule has 0 unspecified atom stereocenters. The van der Waals surface area contributed by atoms with Crippen molar-refractivity contribution in [3.8, 4) is 11.1 Å². The van der Waals surface area contributed by atoms with Gasteiger partial charge in [0.05, 0.1) is 0 Å². The number of rotatable bonds is 2. The van der Waals surface area contributed by atoms with Crippen molar-refractivity contribution in [1.82, 2.24) is 4.57 Å². The van der Waals surface area contributed by atoms with Crippen molar-refractivity contribution in [2.45, 2.75) is 13.8 Å². The molecule has 2 rings (SSSR count). The Morgan fingerprint density at radius 1 is 1.22 bits per heavy atom. The SMILES string of the molecule is CC(=O)c1c(-c2ccccc2)c[c](=[W])n(C)c1C. The minimum absolute atomic E-state index is 0.122. The van der Waals surface area contributed by atoms with Gasteiger partial charge < -0.3 is 0 Å². The first kappa shape index (κ1) is 13.2. The van der Waals surface area contributed by atoms with Crippen LogP contribution in [0.1, 0.15) is 23.0 Å². The second-order valence-corrected chi connectivity index (χ2v) is 5.84. The Labute approximate surface area is 118 Å². The Kier molecular flexibility index (Phi) is 3.77. The molecule has 1 aromatic carbocycles. The predicted molar refractivity (Wildman–Crippen MR) is 68.8 cm³/mol. The number of benzene rings is 1. The van der Waals surface area contributed by atoms with E-state index < -0.39 is 0 Å². The van der Waals surface area contributed by atoms with Crippen LogP contribution < -0.4 is 0 Å². The van der Waals surface area contributed by atoms with E-state index in [1.807, 2.05) is 32.2 Å². The molecule has 0 fully saturated rings. The minimum atomic E-state index is 0.122. The average Bonchev–Trinajstić information content (AvgIpc) is 2.36. The summed E-state index contributed by atoms with van der Waals surface area (Å²) in [6.07, 6.45) is 0. The molecular weight excluding hydrogens is 394 g/mol. The summed E-state index contributed by atoms with van der Waals surface area (Å²) < 4.78 is 3.33. The Balaban J connectivity index is 2.83. The van der Waals surface area contributed by atoms with Gasteiger partial charge in [-0.3, -0.25) is 0 Å². The Hall–Kier alpha value is -1.27. The summed E-state index contributed by atoms with van der Waals surface area (Å²) in [4.78, 5) is 11.9. The van der Waals surface area contributed by atoms with Crippen LogP contribution in [0.4, 0.5) is 0 Å². The number of aromatic nitrogens is 1. The van der Waals surface area contributed by atoms with E-state index >= 15 is 0 Å². The summed E-state index contributed by atoms with van der Waals surface area (Å²) in [7, 11) is 2.01. The first-order valence-electron chi connectivity index (χ1n) is 5.79. The first-order valence-corrected chi connectivity index (χ1v) is 7.26. The van der Waals surface area contributed by atoms with E-state index in [1.54, 1.807) is 6.92 Å². The fraction of sp³-hybridized carbons (Fsp3) is 0.200. The summed E-state index contributed by atoms with van der Waals surface area (Å²) in [6, 6.07) is 12.2. The van der Waals surface area contributed by atoms with E-state index in [4.69, 9.17) is 0 Å². The van der Waals surface area contributed by atoms with Crippen molar-refractivity contribution >= 4 is 5.78 Å². The molecule has 0 bridgehead atoms. The van der Waals surface area contributed by atoms with Crippen LogP contribution in [0, 0.1) is 10.6 Å². The van der Waals surface area contributed by atoms with Gasteiger partial charge in [-0.25, -0.2) is 0 Å². The second-order valence-electron chi connectivity index (χ2n) is 4.34. The van der Waals surface area contributed by atoms with Crippen molar-refractivity contribution in [2.24, 2.45) is 7.05 Å². The molecule has 0 radical (unpaired) electrons. The van der Waals surface area contributed by atoms with Gasteiger partial charge in [-0.1, -0.05) is 0 Å². The molecule has 2 nitrogen and oxygen atoms in total. The Bertz CT molecular complexity index is 656. The van der Waals surface area contributed by atoms with Gasteiger partial charge in [0, 0.05) is 0 Å². The van der Waals surface area contributed by atoms with Crippen molar-refractivity contribution in [3.05, 3.63) is 51.3 Å². The second kappa shape index (κ2) is 5.15. The topological polar surface area (TPSA) is 22.0 Å². The van der Waals surface area contributed by atoms with Crippen LogP contribution in [-0.2, 0) is 26.4 Å². The molecule has 3 heteroatoms. The molecule has 92 valence electrons. The van der Waals surface area contributed by atoms with Crippen molar-refractivity contribution < 1.29 is 24.1 Å². The van der Waals surface area contributed by atoms with Crippen molar-refractivity contribution in [1.29, 1.82) is 0 Å². The molecule has 0 saturated carbocycles. The van der Waals surface area contributed by atoms with Crippen LogP contribution in [-0.4, -0.2) is 10.4 Å². The third kappa shape index (κ3) is 2.30.